The van der Waals surface area contributed by atoms with Gasteiger partial charge in [-0.1, -0.05) is 0 Å². The van der Waals surface area contributed by atoms with Gasteiger partial charge in [0, 0.05) is 24.0 Å². The van der Waals surface area contributed by atoms with E-state index in [4.69, 9.17) is 0 Å². The van der Waals surface area contributed by atoms with Gasteiger partial charge in [0.15, 0.2) is 11.5 Å². The summed E-state index contributed by atoms with van der Waals surface area (Å²) in [6, 6.07) is 7.44. The summed E-state index contributed by atoms with van der Waals surface area (Å²) in [5.41, 5.74) is 0.380. The van der Waals surface area contributed by atoms with E-state index >= 15 is 0 Å². The van der Waals surface area contributed by atoms with E-state index < -0.39 is 11.9 Å². The summed E-state index contributed by atoms with van der Waals surface area (Å²) >= 11 is 0. The van der Waals surface area contributed by atoms with Crippen molar-refractivity contribution < 1.29 is 18.0 Å². The highest BCUT2D eigenvalue weighted by Gasteiger charge is 2.38. The van der Waals surface area contributed by atoms with Gasteiger partial charge in [-0.25, -0.2) is 9.67 Å². The predicted octanol–water partition coefficient (Wildman–Crippen LogP) is 3.81. The Labute approximate surface area is 152 Å². The normalized spacial score (nSPS) is 14.2. The molecule has 0 saturated heterocycles. The van der Waals surface area contributed by atoms with Crippen LogP contribution in [0.2, 0.25) is 0 Å². The molecule has 1 N–H and O–H groups in total. The Bertz CT molecular complexity index is 963. The van der Waals surface area contributed by atoms with Crippen molar-refractivity contribution in [2.45, 2.75) is 24.9 Å². The van der Waals surface area contributed by atoms with Gasteiger partial charge in [0.25, 0.3) is 5.91 Å². The van der Waals surface area contributed by atoms with Gasteiger partial charge in [-0.05, 0) is 43.2 Å². The fourth-order valence-electron chi connectivity index (χ4n) is 2.67. The number of carbonyl (C=O) groups excluding carboxylic acids is 1. The smallest absolute Gasteiger partial charge is 0.321 e. The molecule has 1 fully saturated rings. The number of nitrogens with zero attached hydrogens (tertiary/aromatic N) is 4. The van der Waals surface area contributed by atoms with Crippen molar-refractivity contribution in [3.05, 3.63) is 65.9 Å². The maximum absolute atomic E-state index is 13.0. The fraction of sp³-hybridized carbons (Fsp3) is 0.222. The Morgan fingerprint density at radius 2 is 2.00 bits per heavy atom. The lowest BCUT2D eigenvalue weighted by Crippen LogP contribution is -2.13. The molecule has 4 rings (SSSR count). The molecule has 9 heteroatoms. The molecule has 0 aliphatic heterocycles. The minimum Gasteiger partial charge on any atom is -0.321 e. The molecule has 0 unspecified atom stereocenters. The van der Waals surface area contributed by atoms with E-state index in [-0.39, 0.29) is 17.6 Å². The monoisotopic (exact) mass is 373 g/mol. The van der Waals surface area contributed by atoms with Gasteiger partial charge in [-0.15, -0.1) is 0 Å². The third-order valence-corrected chi connectivity index (χ3v) is 4.17. The summed E-state index contributed by atoms with van der Waals surface area (Å²) in [6.07, 6.45) is 1.54. The minimum atomic E-state index is -4.51. The molecule has 27 heavy (non-hydrogen) atoms. The number of rotatable bonds is 4. The van der Waals surface area contributed by atoms with Gasteiger partial charge in [0.2, 0.25) is 0 Å². The third-order valence-electron chi connectivity index (χ3n) is 4.17. The molecular weight excluding hydrogens is 359 g/mol. The van der Waals surface area contributed by atoms with Crippen LogP contribution < -0.4 is 5.32 Å². The van der Waals surface area contributed by atoms with Crippen molar-refractivity contribution in [1.29, 1.82) is 0 Å². The first-order valence-electron chi connectivity index (χ1n) is 8.27. The van der Waals surface area contributed by atoms with Crippen LogP contribution in [-0.2, 0) is 6.18 Å². The lowest BCUT2D eigenvalue weighted by Gasteiger charge is -2.08. The van der Waals surface area contributed by atoms with Gasteiger partial charge in [-0.3, -0.25) is 9.78 Å². The molecule has 0 bridgehead atoms. The topological polar surface area (TPSA) is 72.7 Å². The standard InChI is InChI=1S/C18H14F3N5O/c19-18(20,21)15-8-14(11-3-4-11)26(25-15)16-6-5-13(10-23-16)24-17(27)12-2-1-7-22-9-12/h1-2,5-11H,3-4H2,(H,24,27). The van der Waals surface area contributed by atoms with Crippen molar-refractivity contribution in [3.8, 4) is 5.82 Å². The van der Waals surface area contributed by atoms with Crippen LogP contribution in [0.4, 0.5) is 18.9 Å². The minimum absolute atomic E-state index is 0.0698. The zero-order valence-electron chi connectivity index (χ0n) is 13.9. The van der Waals surface area contributed by atoms with E-state index in [0.29, 0.717) is 16.9 Å². The Morgan fingerprint density at radius 3 is 2.59 bits per heavy atom. The fourth-order valence-corrected chi connectivity index (χ4v) is 2.67. The van der Waals surface area contributed by atoms with E-state index in [1.165, 1.54) is 23.1 Å². The molecule has 1 amide bonds. The van der Waals surface area contributed by atoms with Gasteiger partial charge < -0.3 is 5.32 Å². The average molecular weight is 373 g/mol. The molecule has 1 saturated carbocycles. The van der Waals surface area contributed by atoms with Crippen molar-refractivity contribution >= 4 is 11.6 Å². The highest BCUT2D eigenvalue weighted by atomic mass is 19.4. The van der Waals surface area contributed by atoms with Crippen LogP contribution >= 0.6 is 0 Å². The molecule has 138 valence electrons. The number of aromatic nitrogens is 4. The first-order chi connectivity index (χ1) is 12.9. The van der Waals surface area contributed by atoms with Crippen LogP contribution in [0.1, 0.15) is 40.5 Å². The maximum atomic E-state index is 13.0. The average Bonchev–Trinajstić information content (AvgIpc) is 3.40. The Balaban J connectivity index is 1.57. The summed E-state index contributed by atoms with van der Waals surface area (Å²) in [7, 11) is 0. The first kappa shape index (κ1) is 17.2. The largest absolute Gasteiger partial charge is 0.435 e. The second-order valence-electron chi connectivity index (χ2n) is 6.24. The highest BCUT2D eigenvalue weighted by Crippen LogP contribution is 2.42. The maximum Gasteiger partial charge on any atom is 0.435 e. The molecule has 1 aliphatic carbocycles. The molecule has 6 nitrogen and oxygen atoms in total. The van der Waals surface area contributed by atoms with E-state index in [9.17, 15) is 18.0 Å². The molecule has 0 aromatic carbocycles. The molecule has 3 heterocycles. The van der Waals surface area contributed by atoms with Gasteiger partial charge >= 0.3 is 6.18 Å². The number of halogens is 3. The molecule has 0 radical (unpaired) electrons. The Kier molecular flexibility index (Phi) is 4.14. The third kappa shape index (κ3) is 3.67. The molecule has 0 spiro atoms. The summed E-state index contributed by atoms with van der Waals surface area (Å²) in [6.45, 7) is 0. The summed E-state index contributed by atoms with van der Waals surface area (Å²) in [5.74, 6) is -0.0121. The second kappa shape index (κ2) is 6.49. The lowest BCUT2D eigenvalue weighted by atomic mass is 10.2. The van der Waals surface area contributed by atoms with E-state index in [1.807, 2.05) is 0 Å². The number of alkyl halides is 3. The van der Waals surface area contributed by atoms with Crippen LogP contribution in [0.25, 0.3) is 5.82 Å². The zero-order chi connectivity index (χ0) is 19.0. The highest BCUT2D eigenvalue weighted by molar-refractivity contribution is 6.03. The molecule has 3 aromatic heterocycles. The summed E-state index contributed by atoms with van der Waals surface area (Å²) in [5, 5.41) is 6.35. The summed E-state index contributed by atoms with van der Waals surface area (Å²) < 4.78 is 40.2. The molecule has 0 atom stereocenters. The van der Waals surface area contributed by atoms with Crippen molar-refractivity contribution in [2.24, 2.45) is 0 Å². The number of pyridine rings is 2. The van der Waals surface area contributed by atoms with Gasteiger partial charge in [-0.2, -0.15) is 18.3 Å². The number of anilines is 1. The van der Waals surface area contributed by atoms with E-state index in [2.05, 4.69) is 20.4 Å². The van der Waals surface area contributed by atoms with Crippen LogP contribution in [0.3, 0.4) is 0 Å². The van der Waals surface area contributed by atoms with Crippen LogP contribution in [-0.4, -0.2) is 25.7 Å². The number of carbonyl (C=O) groups is 1. The molecule has 1 aliphatic rings. The van der Waals surface area contributed by atoms with Crippen molar-refractivity contribution in [3.63, 3.8) is 0 Å². The SMILES string of the molecule is O=C(Nc1ccc(-n2nc(C(F)(F)F)cc2C2CC2)nc1)c1cccnc1. The van der Waals surface area contributed by atoms with Crippen molar-refractivity contribution in [1.82, 2.24) is 19.7 Å². The van der Waals surface area contributed by atoms with Crippen LogP contribution in [0.15, 0.2) is 48.9 Å². The quantitative estimate of drug-likeness (QED) is 0.755. The van der Waals surface area contributed by atoms with Gasteiger partial charge in [0.05, 0.1) is 17.4 Å². The molecule has 3 aromatic rings. The number of amides is 1. The molecular formula is C18H14F3N5O. The Morgan fingerprint density at radius 1 is 1.19 bits per heavy atom. The Hall–Kier alpha value is -3.23. The first-order valence-corrected chi connectivity index (χ1v) is 8.27. The summed E-state index contributed by atoms with van der Waals surface area (Å²) in [4.78, 5) is 20.2. The van der Waals surface area contributed by atoms with Gasteiger partial charge in [0.1, 0.15) is 0 Å². The van der Waals surface area contributed by atoms with Crippen LogP contribution in [0.5, 0.6) is 0 Å². The van der Waals surface area contributed by atoms with Crippen molar-refractivity contribution in [2.75, 3.05) is 5.32 Å². The lowest BCUT2D eigenvalue weighted by molar-refractivity contribution is -0.141. The number of nitrogens with one attached hydrogen (secondary N) is 1. The van der Waals surface area contributed by atoms with Crippen LogP contribution in [0, 0.1) is 0 Å². The number of hydrogen-bond donors (Lipinski definition) is 1. The second-order valence-corrected chi connectivity index (χ2v) is 6.24. The predicted molar refractivity (Wildman–Crippen MR) is 90.5 cm³/mol. The zero-order valence-corrected chi connectivity index (χ0v) is 13.9. The number of hydrogen-bond acceptors (Lipinski definition) is 4. The van der Waals surface area contributed by atoms with E-state index in [0.717, 1.165) is 18.9 Å². The van der Waals surface area contributed by atoms with E-state index in [1.54, 1.807) is 24.4 Å².